The highest BCUT2D eigenvalue weighted by atomic mass is 16.2. The molecule has 1 aromatic heterocycles. The smallest absolute Gasteiger partial charge is 0.272 e. The van der Waals surface area contributed by atoms with Crippen molar-refractivity contribution < 1.29 is 6.22 Å². The second-order valence-corrected chi connectivity index (χ2v) is 2.64. The molecule has 0 bridgehead atoms. The molecule has 13 heavy (non-hydrogen) atoms. The zero-order chi connectivity index (χ0) is 9.10. The van der Waals surface area contributed by atoms with Crippen LogP contribution in [0.2, 0.25) is 0 Å². The first kappa shape index (κ1) is 7.73. The lowest BCUT2D eigenvalue weighted by Gasteiger charge is -1.99. The number of benzene rings is 1. The Morgan fingerprint density at radius 2 is 2.08 bits per heavy atom. The molecule has 0 saturated carbocycles. The average Bonchev–Trinajstić information content (AvgIpc) is 2.71. The van der Waals surface area contributed by atoms with Crippen molar-refractivity contribution in [3.8, 4) is 0 Å². The number of hydrogen-bond acceptors (Lipinski definition) is 2. The number of hydrogen-bond donors (Lipinski definition) is 0. The van der Waals surface area contributed by atoms with Gasteiger partial charge in [0.2, 0.25) is 0 Å². The molecule has 3 nitrogen and oxygen atoms in total. The largest absolute Gasteiger partial charge is 1.00 e. The van der Waals surface area contributed by atoms with Gasteiger partial charge in [0.15, 0.2) is 0 Å². The minimum absolute atomic E-state index is 0. The van der Waals surface area contributed by atoms with E-state index in [1.54, 1.807) is 24.5 Å². The van der Waals surface area contributed by atoms with Gasteiger partial charge >= 0.3 is 1.43 Å². The van der Waals surface area contributed by atoms with Gasteiger partial charge in [0.1, 0.15) is 6.33 Å². The Kier molecular flexibility index (Phi) is 1.92. The summed E-state index contributed by atoms with van der Waals surface area (Å²) in [6.45, 7) is 0. The number of aromatic nitrogens is 2. The fraction of sp³-hybridized carbons (Fsp3) is 0. The molecular weight excluding hydrogens is 164 g/mol. The zero-order valence-electron chi connectivity index (χ0n) is 7.92. The highest BCUT2D eigenvalue weighted by Gasteiger charge is 2.05. The molecule has 0 unspecified atom stereocenters. The molecule has 0 amide bonds. The Labute approximate surface area is 77.1 Å². The molecule has 64 valence electrons. The van der Waals surface area contributed by atoms with Gasteiger partial charge in [-0.2, -0.15) is 0 Å². The van der Waals surface area contributed by atoms with Gasteiger partial charge in [-0.3, -0.25) is 9.36 Å². The zero-order valence-corrected chi connectivity index (χ0v) is 6.92. The number of imidazole rings is 1. The van der Waals surface area contributed by atoms with Crippen molar-refractivity contribution in [2.24, 2.45) is 0 Å². The molecule has 0 radical (unpaired) electrons. The molecule has 0 N–H and O–H groups in total. The molecule has 0 atom stereocenters. The Hall–Kier alpha value is -1.90. The molecular formula is C10H9N2O+. The third-order valence-corrected chi connectivity index (χ3v) is 1.76. The fourth-order valence-electron chi connectivity index (χ4n) is 1.11. The Bertz CT molecular complexity index is 397. The summed E-state index contributed by atoms with van der Waals surface area (Å²) in [5.41, 5.74) is 0.667. The van der Waals surface area contributed by atoms with Crippen LogP contribution >= 0.6 is 0 Å². The van der Waals surface area contributed by atoms with Crippen LogP contribution in [0.5, 0.6) is 0 Å². The van der Waals surface area contributed by atoms with Crippen LogP contribution in [0.25, 0.3) is 0 Å². The van der Waals surface area contributed by atoms with E-state index in [0.717, 1.165) is 0 Å². The van der Waals surface area contributed by atoms with Crippen LogP contribution in [0.3, 0.4) is 0 Å². The molecule has 1 heterocycles. The Balaban J connectivity index is 0.000000980. The van der Waals surface area contributed by atoms with Crippen molar-refractivity contribution >= 4 is 5.91 Å². The molecule has 2 rings (SSSR count). The average molecular weight is 173 g/mol. The predicted octanol–water partition coefficient (Wildman–Crippen LogP) is 1.68. The summed E-state index contributed by atoms with van der Waals surface area (Å²) in [6.07, 6.45) is 4.71. The quantitative estimate of drug-likeness (QED) is 0.657. The van der Waals surface area contributed by atoms with Crippen LogP contribution in [0.15, 0.2) is 49.1 Å². The van der Waals surface area contributed by atoms with Gasteiger partial charge in [-0.25, -0.2) is 4.98 Å². The molecule has 1 aromatic carbocycles. The van der Waals surface area contributed by atoms with Crippen LogP contribution in [0.4, 0.5) is 0 Å². The summed E-state index contributed by atoms with van der Waals surface area (Å²) in [5, 5.41) is 0. The topological polar surface area (TPSA) is 34.9 Å². The van der Waals surface area contributed by atoms with Gasteiger partial charge in [-0.15, -0.1) is 0 Å². The van der Waals surface area contributed by atoms with Gasteiger partial charge in [0, 0.05) is 18.0 Å². The fourth-order valence-corrected chi connectivity index (χ4v) is 1.11. The monoisotopic (exact) mass is 173 g/mol. The van der Waals surface area contributed by atoms with Gasteiger partial charge in [0.05, 0.1) is 0 Å². The van der Waals surface area contributed by atoms with Crippen molar-refractivity contribution in [1.82, 2.24) is 9.55 Å². The molecule has 0 aliphatic heterocycles. The van der Waals surface area contributed by atoms with E-state index in [1.807, 2.05) is 18.2 Å². The summed E-state index contributed by atoms with van der Waals surface area (Å²) >= 11 is 0. The molecule has 0 aliphatic rings. The van der Waals surface area contributed by atoms with E-state index in [-0.39, 0.29) is 7.33 Å². The molecule has 3 heteroatoms. The maximum Gasteiger partial charge on any atom is 1.00 e. The van der Waals surface area contributed by atoms with E-state index in [4.69, 9.17) is 0 Å². The third kappa shape index (κ3) is 1.49. The second-order valence-electron chi connectivity index (χ2n) is 2.64. The summed E-state index contributed by atoms with van der Waals surface area (Å²) < 4.78 is 1.45. The normalized spacial score (nSPS) is 9.85. The maximum atomic E-state index is 11.6. The van der Waals surface area contributed by atoms with Crippen molar-refractivity contribution in [3.05, 3.63) is 54.6 Å². The number of rotatable bonds is 1. The molecule has 0 spiro atoms. The van der Waals surface area contributed by atoms with E-state index in [9.17, 15) is 4.79 Å². The number of carbonyl (C=O) groups excluding carboxylic acids is 1. The third-order valence-electron chi connectivity index (χ3n) is 1.76. The van der Waals surface area contributed by atoms with E-state index >= 15 is 0 Å². The summed E-state index contributed by atoms with van der Waals surface area (Å²) in [4.78, 5) is 15.4. The van der Waals surface area contributed by atoms with E-state index < -0.39 is 0 Å². The highest BCUT2D eigenvalue weighted by molar-refractivity contribution is 5.95. The number of nitrogens with zero attached hydrogens (tertiary/aromatic N) is 2. The van der Waals surface area contributed by atoms with Crippen LogP contribution in [0.1, 0.15) is 11.8 Å². The van der Waals surface area contributed by atoms with E-state index in [2.05, 4.69) is 4.98 Å². The molecule has 0 saturated heterocycles. The molecule has 0 fully saturated rings. The highest BCUT2D eigenvalue weighted by Crippen LogP contribution is 2.01. The van der Waals surface area contributed by atoms with E-state index in [1.165, 1.54) is 10.9 Å². The lowest BCUT2D eigenvalue weighted by atomic mass is 10.2. The maximum absolute atomic E-state index is 11.6. The van der Waals surface area contributed by atoms with Gasteiger partial charge in [-0.05, 0) is 12.1 Å². The summed E-state index contributed by atoms with van der Waals surface area (Å²) in [7, 11) is 0. The van der Waals surface area contributed by atoms with E-state index in [0.29, 0.717) is 5.56 Å². The Morgan fingerprint density at radius 3 is 2.69 bits per heavy atom. The first-order valence-corrected chi connectivity index (χ1v) is 3.95. The Morgan fingerprint density at radius 1 is 1.31 bits per heavy atom. The van der Waals surface area contributed by atoms with Crippen molar-refractivity contribution in [3.63, 3.8) is 0 Å². The molecule has 0 aliphatic carbocycles. The van der Waals surface area contributed by atoms with Gasteiger partial charge in [-0.1, -0.05) is 18.2 Å². The van der Waals surface area contributed by atoms with Crippen LogP contribution in [0, 0.1) is 0 Å². The van der Waals surface area contributed by atoms with Crippen molar-refractivity contribution in [1.29, 1.82) is 0 Å². The first-order chi connectivity index (χ1) is 6.38. The lowest BCUT2D eigenvalue weighted by molar-refractivity contribution is 0.0960. The first-order valence-electron chi connectivity index (χ1n) is 3.95. The van der Waals surface area contributed by atoms with Crippen molar-refractivity contribution in [2.75, 3.05) is 0 Å². The lowest BCUT2D eigenvalue weighted by Crippen LogP contribution is -2.08. The number of carbonyl (C=O) groups is 1. The van der Waals surface area contributed by atoms with Crippen LogP contribution in [-0.4, -0.2) is 15.5 Å². The summed E-state index contributed by atoms with van der Waals surface area (Å²) in [5.74, 6) is -0.0573. The second kappa shape index (κ2) is 3.23. The summed E-state index contributed by atoms with van der Waals surface area (Å²) in [6, 6.07) is 9.11. The minimum Gasteiger partial charge on any atom is -0.272 e. The SMILES string of the molecule is O=C(c1ccccc1)n1ccnc1.[H+]. The van der Waals surface area contributed by atoms with Crippen LogP contribution in [-0.2, 0) is 0 Å². The van der Waals surface area contributed by atoms with Crippen LogP contribution < -0.4 is 0 Å². The van der Waals surface area contributed by atoms with Gasteiger partial charge in [0.25, 0.3) is 5.91 Å². The predicted molar refractivity (Wildman–Crippen MR) is 49.5 cm³/mol. The van der Waals surface area contributed by atoms with Gasteiger partial charge < -0.3 is 0 Å². The minimum atomic E-state index is -0.0573. The standard InChI is InChI=1S/C10H8N2O/c13-10(12-7-6-11-8-12)9-4-2-1-3-5-9/h1-8H/p+1. The van der Waals surface area contributed by atoms with Crippen molar-refractivity contribution in [2.45, 2.75) is 0 Å². The molecule has 2 aromatic rings.